The van der Waals surface area contributed by atoms with Gasteiger partial charge in [0.25, 0.3) is 0 Å². The molecule has 4 aromatic heterocycles. The van der Waals surface area contributed by atoms with Gasteiger partial charge in [0.2, 0.25) is 0 Å². The fraction of sp³-hybridized carbons (Fsp3) is 0.412. The van der Waals surface area contributed by atoms with Crippen molar-refractivity contribution in [2.75, 3.05) is 0 Å². The number of hydrogen-bond donors (Lipinski definition) is 0. The first-order valence-corrected chi connectivity index (χ1v) is 14.8. The van der Waals surface area contributed by atoms with Crippen molar-refractivity contribution in [3.8, 4) is 22.3 Å². The van der Waals surface area contributed by atoms with Gasteiger partial charge >= 0.3 is 0 Å². The Morgan fingerprint density at radius 3 is 0.658 bits per heavy atom. The van der Waals surface area contributed by atoms with Crippen LogP contribution < -0.4 is 18.3 Å². The highest BCUT2D eigenvalue weighted by molar-refractivity contribution is 5.61. The molecule has 14 rings (SSSR count). The highest BCUT2D eigenvalue weighted by Crippen LogP contribution is 2.17. The summed E-state index contributed by atoms with van der Waals surface area (Å²) in [6.07, 6.45) is 30.7. The van der Waals surface area contributed by atoms with Crippen molar-refractivity contribution in [2.24, 2.45) is 0 Å². The monoisotopic (exact) mass is 508 g/mol. The first-order valence-electron chi connectivity index (χ1n) is 14.8. The summed E-state index contributed by atoms with van der Waals surface area (Å²) < 4.78 is 9.31. The summed E-state index contributed by atoms with van der Waals surface area (Å²) in [7, 11) is 0. The minimum atomic E-state index is 1.10. The smallest absolute Gasteiger partial charge is 0.169 e. The summed E-state index contributed by atoms with van der Waals surface area (Å²) in [6.45, 7) is 4.41. The molecule has 0 saturated carbocycles. The second-order valence-corrected chi connectivity index (χ2v) is 10.8. The molecule has 196 valence electrons. The minimum absolute atomic E-state index is 1.10. The van der Waals surface area contributed by atoms with Crippen LogP contribution in [0.15, 0.2) is 98.1 Å². The quantitative estimate of drug-likeness (QED) is 0.268. The van der Waals surface area contributed by atoms with Gasteiger partial charge in [0.15, 0.2) is 49.6 Å². The fourth-order valence-corrected chi connectivity index (χ4v) is 5.43. The van der Waals surface area contributed by atoms with Gasteiger partial charge in [-0.05, 0) is 47.9 Å². The van der Waals surface area contributed by atoms with Gasteiger partial charge in [0, 0.05) is 74.2 Å². The number of pyridine rings is 4. The Morgan fingerprint density at radius 2 is 0.447 bits per heavy atom. The predicted molar refractivity (Wildman–Crippen MR) is 151 cm³/mol. The molecule has 0 spiro atoms. The standard InChI is InChI=1S/C34H44N4/c1-3-7-19-35-23-11-31(12-24-35)33-15-27-37(28-16-33)21-9-5-2-6-10-22-38-29-17-34(18-30-38)32-13-25-36(26-14-32)20-8-4-1/h11-18,23-30H,1-10,19-22H2/q+4. The Bertz CT molecular complexity index is 1030. The summed E-state index contributed by atoms with van der Waals surface area (Å²) in [5.74, 6) is 0. The molecular weight excluding hydrogens is 464 g/mol. The van der Waals surface area contributed by atoms with E-state index in [-0.39, 0.29) is 0 Å². The minimum Gasteiger partial charge on any atom is -0.205 e. The van der Waals surface area contributed by atoms with Gasteiger partial charge in [-0.2, -0.15) is 0 Å². The maximum absolute atomic E-state index is 2.33. The van der Waals surface area contributed by atoms with Crippen LogP contribution in [0.5, 0.6) is 0 Å². The molecule has 0 radical (unpaired) electrons. The zero-order valence-corrected chi connectivity index (χ0v) is 22.9. The number of rotatable bonds is 0. The van der Waals surface area contributed by atoms with Crippen LogP contribution in [-0.4, -0.2) is 0 Å². The molecule has 4 nitrogen and oxygen atoms in total. The van der Waals surface area contributed by atoms with Gasteiger partial charge in [-0.3, -0.25) is 0 Å². The summed E-state index contributed by atoms with van der Waals surface area (Å²) in [6, 6.07) is 18.1. The fourth-order valence-electron chi connectivity index (χ4n) is 5.43. The van der Waals surface area contributed by atoms with Crippen LogP contribution in [0.2, 0.25) is 0 Å². The topological polar surface area (TPSA) is 15.5 Å². The number of hydrogen-bond acceptors (Lipinski definition) is 0. The van der Waals surface area contributed by atoms with Gasteiger partial charge in [-0.1, -0.05) is 12.8 Å². The molecule has 14 heterocycles. The van der Waals surface area contributed by atoms with Crippen molar-refractivity contribution in [2.45, 2.75) is 90.4 Å². The van der Waals surface area contributed by atoms with Gasteiger partial charge in [0.1, 0.15) is 26.2 Å². The lowest BCUT2D eigenvalue weighted by Crippen LogP contribution is -2.33. The number of aromatic nitrogens is 4. The van der Waals surface area contributed by atoms with E-state index in [0.717, 1.165) is 26.2 Å². The van der Waals surface area contributed by atoms with E-state index in [2.05, 4.69) is 116 Å². The first-order chi connectivity index (χ1) is 18.8. The maximum atomic E-state index is 2.33. The van der Waals surface area contributed by atoms with Crippen LogP contribution in [0.4, 0.5) is 0 Å². The van der Waals surface area contributed by atoms with Crippen molar-refractivity contribution in [3.63, 3.8) is 0 Å². The Labute approximate surface area is 228 Å². The van der Waals surface area contributed by atoms with Gasteiger partial charge < -0.3 is 0 Å². The van der Waals surface area contributed by atoms with Crippen LogP contribution in [-0.2, 0) is 26.2 Å². The SMILES string of the molecule is c1c[n+]2ccc1-c1cc[n+](cc1)CCCCCCC[n+]1ccc(cc1)-c1cc[n+](cc1)CCCCCCC2. The lowest BCUT2D eigenvalue weighted by molar-refractivity contribution is -0.698. The van der Waals surface area contributed by atoms with Crippen molar-refractivity contribution in [1.29, 1.82) is 0 Å². The summed E-state index contributed by atoms with van der Waals surface area (Å²) in [5.41, 5.74) is 5.19. The van der Waals surface area contributed by atoms with E-state index in [4.69, 9.17) is 0 Å². The molecule has 0 atom stereocenters. The Hall–Kier alpha value is -3.40. The normalized spacial score (nSPS) is 16.0. The molecule has 10 aliphatic heterocycles. The van der Waals surface area contributed by atoms with Crippen LogP contribution in [0, 0.1) is 0 Å². The molecule has 0 saturated heterocycles. The van der Waals surface area contributed by atoms with Gasteiger partial charge in [-0.15, -0.1) is 0 Å². The third kappa shape index (κ3) is 7.80. The lowest BCUT2D eigenvalue weighted by atomic mass is 10.1. The molecule has 10 aliphatic rings. The molecule has 0 aromatic carbocycles. The van der Waals surface area contributed by atoms with Gasteiger partial charge in [0.05, 0.1) is 0 Å². The predicted octanol–water partition coefficient (Wildman–Crippen LogP) is 5.79. The average Bonchev–Trinajstić information content (AvgIpc) is 2.97. The zero-order valence-electron chi connectivity index (χ0n) is 22.9. The molecule has 0 N–H and O–H groups in total. The van der Waals surface area contributed by atoms with E-state index >= 15 is 0 Å². The Kier molecular flexibility index (Phi) is 9.62. The van der Waals surface area contributed by atoms with E-state index in [1.807, 2.05) is 0 Å². The molecular formula is C34H44N4+4. The molecule has 4 aromatic rings. The van der Waals surface area contributed by atoms with Crippen molar-refractivity contribution >= 4 is 0 Å². The van der Waals surface area contributed by atoms with E-state index in [0.29, 0.717) is 0 Å². The van der Waals surface area contributed by atoms with Crippen molar-refractivity contribution < 1.29 is 18.3 Å². The highest BCUT2D eigenvalue weighted by atomic mass is 14.9. The van der Waals surface area contributed by atoms with E-state index in [1.165, 1.54) is 86.5 Å². The van der Waals surface area contributed by atoms with Crippen LogP contribution in [0.3, 0.4) is 0 Å². The van der Waals surface area contributed by atoms with Crippen LogP contribution in [0.25, 0.3) is 22.3 Å². The summed E-state index contributed by atoms with van der Waals surface area (Å²) >= 11 is 0. The highest BCUT2D eigenvalue weighted by Gasteiger charge is 2.08. The first kappa shape index (κ1) is 26.2. The molecule has 0 fully saturated rings. The summed E-state index contributed by atoms with van der Waals surface area (Å²) in [4.78, 5) is 0. The molecule has 8 bridgehead atoms. The van der Waals surface area contributed by atoms with E-state index in [9.17, 15) is 0 Å². The summed E-state index contributed by atoms with van der Waals surface area (Å²) in [5, 5.41) is 0. The maximum Gasteiger partial charge on any atom is 0.169 e. The van der Waals surface area contributed by atoms with Crippen LogP contribution >= 0.6 is 0 Å². The third-order valence-corrected chi connectivity index (χ3v) is 7.90. The molecule has 0 unspecified atom stereocenters. The zero-order chi connectivity index (χ0) is 25.8. The van der Waals surface area contributed by atoms with Gasteiger partial charge in [-0.25, -0.2) is 18.3 Å². The molecule has 4 heteroatoms. The Balaban J connectivity index is 1.19. The second-order valence-electron chi connectivity index (χ2n) is 10.8. The number of nitrogens with zero attached hydrogens (tertiary/aromatic N) is 4. The Morgan fingerprint density at radius 1 is 0.263 bits per heavy atom. The molecule has 0 amide bonds. The lowest BCUT2D eigenvalue weighted by Gasteiger charge is -2.04. The van der Waals surface area contributed by atoms with E-state index in [1.54, 1.807) is 0 Å². The average molecular weight is 509 g/mol. The second kappa shape index (κ2) is 13.9. The van der Waals surface area contributed by atoms with Crippen molar-refractivity contribution in [3.05, 3.63) is 98.1 Å². The van der Waals surface area contributed by atoms with Crippen LogP contribution in [0.1, 0.15) is 64.2 Å². The van der Waals surface area contributed by atoms with Crippen molar-refractivity contribution in [1.82, 2.24) is 0 Å². The largest absolute Gasteiger partial charge is 0.205 e. The molecule has 0 aliphatic carbocycles. The molecule has 38 heavy (non-hydrogen) atoms. The van der Waals surface area contributed by atoms with E-state index < -0.39 is 0 Å². The third-order valence-electron chi connectivity index (χ3n) is 7.90. The number of aryl methyl sites for hydroxylation is 4.